The van der Waals surface area contributed by atoms with E-state index in [-0.39, 0.29) is 35.8 Å². The molecule has 0 bridgehead atoms. The van der Waals surface area contributed by atoms with Crippen LogP contribution in [0.3, 0.4) is 0 Å². The van der Waals surface area contributed by atoms with E-state index in [0.29, 0.717) is 24.8 Å². The quantitative estimate of drug-likeness (QED) is 0.297. The van der Waals surface area contributed by atoms with Crippen LogP contribution in [0.4, 0.5) is 4.79 Å². The maximum atomic E-state index is 11.9. The molecule has 8 heteroatoms. The van der Waals surface area contributed by atoms with Crippen LogP contribution in [0.15, 0.2) is 0 Å². The van der Waals surface area contributed by atoms with Crippen LogP contribution in [0.1, 0.15) is 58.8 Å². The third-order valence-electron chi connectivity index (χ3n) is 5.08. The van der Waals surface area contributed by atoms with Gasteiger partial charge in [0.05, 0.1) is 12.1 Å². The van der Waals surface area contributed by atoms with Crippen molar-refractivity contribution in [1.82, 2.24) is 21.3 Å². The molecule has 0 aromatic rings. The lowest BCUT2D eigenvalue weighted by Gasteiger charge is -2.16. The number of nitrogens with one attached hydrogen (secondary N) is 4. The molecule has 27 heavy (non-hydrogen) atoms. The molecule has 2 aliphatic heterocycles. The van der Waals surface area contributed by atoms with Crippen LogP contribution in [0.2, 0.25) is 0 Å². The Balaban J connectivity index is 1.41. The van der Waals surface area contributed by atoms with E-state index in [9.17, 15) is 14.4 Å². The van der Waals surface area contributed by atoms with Crippen LogP contribution in [-0.2, 0) is 9.59 Å². The van der Waals surface area contributed by atoms with E-state index in [1.165, 1.54) is 0 Å². The summed E-state index contributed by atoms with van der Waals surface area (Å²) in [4.78, 5) is 34.6. The first-order valence-electron chi connectivity index (χ1n) is 10.2. The second-order valence-electron chi connectivity index (χ2n) is 7.72. The van der Waals surface area contributed by atoms with Crippen molar-refractivity contribution in [3.05, 3.63) is 0 Å². The molecule has 2 heterocycles. The molecule has 2 aliphatic rings. The minimum Gasteiger partial charge on any atom is -0.356 e. The van der Waals surface area contributed by atoms with Crippen LogP contribution < -0.4 is 21.3 Å². The fourth-order valence-electron chi connectivity index (χ4n) is 3.43. The van der Waals surface area contributed by atoms with Crippen LogP contribution in [0.5, 0.6) is 0 Å². The Labute approximate surface area is 166 Å². The number of hydrogen-bond acceptors (Lipinski definition) is 4. The Morgan fingerprint density at radius 2 is 1.81 bits per heavy atom. The number of thioether (sulfide) groups is 1. The van der Waals surface area contributed by atoms with Gasteiger partial charge in [0, 0.05) is 36.4 Å². The Morgan fingerprint density at radius 1 is 1.07 bits per heavy atom. The molecule has 3 atom stereocenters. The van der Waals surface area contributed by atoms with Gasteiger partial charge >= 0.3 is 6.03 Å². The fraction of sp³-hybridized carbons (Fsp3) is 0.842. The molecule has 2 rings (SSSR count). The lowest BCUT2D eigenvalue weighted by atomic mass is 10.0. The fourth-order valence-corrected chi connectivity index (χ4v) is 4.98. The van der Waals surface area contributed by atoms with Gasteiger partial charge in [-0.3, -0.25) is 9.59 Å². The van der Waals surface area contributed by atoms with Gasteiger partial charge in [0.2, 0.25) is 11.8 Å². The van der Waals surface area contributed by atoms with Crippen LogP contribution in [0.25, 0.3) is 0 Å². The average molecular weight is 399 g/mol. The first kappa shape index (κ1) is 21.9. The molecule has 0 aliphatic carbocycles. The summed E-state index contributed by atoms with van der Waals surface area (Å²) in [5.41, 5.74) is 0. The molecule has 7 nitrogen and oxygen atoms in total. The summed E-state index contributed by atoms with van der Waals surface area (Å²) in [5.74, 6) is 1.24. The summed E-state index contributed by atoms with van der Waals surface area (Å²) in [6.07, 6.45) is 6.41. The first-order chi connectivity index (χ1) is 13.0. The Kier molecular flexibility index (Phi) is 9.24. The Bertz CT molecular complexity index is 515. The number of amides is 4. The van der Waals surface area contributed by atoms with Crippen LogP contribution in [-0.4, -0.2) is 54.0 Å². The molecule has 0 unspecified atom stereocenters. The topological polar surface area (TPSA) is 99.3 Å². The summed E-state index contributed by atoms with van der Waals surface area (Å²) < 4.78 is 0. The average Bonchev–Trinajstić information content (AvgIpc) is 3.17. The zero-order valence-corrected chi connectivity index (χ0v) is 17.3. The van der Waals surface area contributed by atoms with Crippen molar-refractivity contribution in [3.8, 4) is 0 Å². The molecule has 4 amide bonds. The van der Waals surface area contributed by atoms with Gasteiger partial charge in [-0.25, -0.2) is 4.79 Å². The van der Waals surface area contributed by atoms with Crippen molar-refractivity contribution < 1.29 is 14.4 Å². The van der Waals surface area contributed by atoms with Gasteiger partial charge in [-0.15, -0.1) is 0 Å². The van der Waals surface area contributed by atoms with E-state index >= 15 is 0 Å². The normalized spacial score (nSPS) is 23.7. The van der Waals surface area contributed by atoms with Crippen LogP contribution in [0, 0.1) is 5.92 Å². The summed E-state index contributed by atoms with van der Waals surface area (Å²) in [7, 11) is 0. The number of hydrogen-bond donors (Lipinski definition) is 4. The first-order valence-corrected chi connectivity index (χ1v) is 11.3. The molecule has 0 aromatic heterocycles. The summed E-state index contributed by atoms with van der Waals surface area (Å²) >= 11 is 1.92. The Morgan fingerprint density at radius 3 is 2.56 bits per heavy atom. The molecule has 0 aromatic carbocycles. The number of carbonyl (C=O) groups excluding carboxylic acids is 3. The third-order valence-corrected chi connectivity index (χ3v) is 6.59. The number of rotatable bonds is 12. The molecular formula is C19H34N4O3S. The number of urea groups is 1. The predicted molar refractivity (Wildman–Crippen MR) is 109 cm³/mol. The van der Waals surface area contributed by atoms with Crippen LogP contribution >= 0.6 is 11.8 Å². The van der Waals surface area contributed by atoms with E-state index < -0.39 is 0 Å². The van der Waals surface area contributed by atoms with Crippen molar-refractivity contribution in [2.45, 2.75) is 76.1 Å². The zero-order chi connectivity index (χ0) is 19.6. The van der Waals surface area contributed by atoms with Crippen molar-refractivity contribution in [2.75, 3.05) is 18.8 Å². The maximum Gasteiger partial charge on any atom is 0.315 e. The smallest absolute Gasteiger partial charge is 0.315 e. The standard InChI is InChI=1S/C19H34N4O3S/c1-13(2)18(25)21-11-7-3-6-10-20-16(24)9-5-4-8-15-17-14(12-27-15)22-19(26)23-17/h13-15,17H,3-12H2,1-2H3,(H,20,24)(H,21,25)(H2,22,23,26)/t14-,15-,17-/m0/s1. The van der Waals surface area contributed by atoms with Gasteiger partial charge in [0.1, 0.15) is 0 Å². The minimum absolute atomic E-state index is 0.0339. The van der Waals surface area contributed by atoms with E-state index in [1.54, 1.807) is 0 Å². The zero-order valence-electron chi connectivity index (χ0n) is 16.5. The van der Waals surface area contributed by atoms with Crippen molar-refractivity contribution in [1.29, 1.82) is 0 Å². The van der Waals surface area contributed by atoms with Gasteiger partial charge in [0.15, 0.2) is 0 Å². The SMILES string of the molecule is CC(C)C(=O)NCCCCCNC(=O)CCCC[C@@H]1SC[C@@H]2NC(=O)N[C@@H]21. The van der Waals surface area contributed by atoms with E-state index in [2.05, 4.69) is 21.3 Å². The predicted octanol–water partition coefficient (Wildman–Crippen LogP) is 1.77. The highest BCUT2D eigenvalue weighted by molar-refractivity contribution is 8.00. The monoisotopic (exact) mass is 398 g/mol. The molecule has 0 spiro atoms. The molecule has 0 radical (unpaired) electrons. The molecule has 4 N–H and O–H groups in total. The van der Waals surface area contributed by atoms with Crippen molar-refractivity contribution in [2.24, 2.45) is 5.92 Å². The number of unbranched alkanes of at least 4 members (excludes halogenated alkanes) is 3. The highest BCUT2D eigenvalue weighted by Crippen LogP contribution is 2.33. The highest BCUT2D eigenvalue weighted by Gasteiger charge is 2.42. The Hall–Kier alpha value is -1.44. The highest BCUT2D eigenvalue weighted by atomic mass is 32.2. The second kappa shape index (κ2) is 11.4. The molecule has 154 valence electrons. The van der Waals surface area contributed by atoms with Gasteiger partial charge in [-0.1, -0.05) is 20.3 Å². The largest absolute Gasteiger partial charge is 0.356 e. The molecule has 0 saturated carbocycles. The molecular weight excluding hydrogens is 364 g/mol. The van der Waals surface area contributed by atoms with E-state index in [1.807, 2.05) is 25.6 Å². The van der Waals surface area contributed by atoms with Gasteiger partial charge in [0.25, 0.3) is 0 Å². The van der Waals surface area contributed by atoms with Gasteiger partial charge in [-0.05, 0) is 32.1 Å². The van der Waals surface area contributed by atoms with Gasteiger partial charge in [-0.2, -0.15) is 11.8 Å². The minimum atomic E-state index is -0.0445. The molecule has 2 saturated heterocycles. The van der Waals surface area contributed by atoms with E-state index in [0.717, 1.165) is 44.3 Å². The number of fused-ring (bicyclic) bond motifs is 1. The maximum absolute atomic E-state index is 11.9. The summed E-state index contributed by atoms with van der Waals surface area (Å²) in [6.45, 7) is 5.19. The summed E-state index contributed by atoms with van der Waals surface area (Å²) in [5, 5.41) is 12.3. The lowest BCUT2D eigenvalue weighted by Crippen LogP contribution is -2.36. The molecule has 2 fully saturated rings. The number of carbonyl (C=O) groups is 3. The van der Waals surface area contributed by atoms with Gasteiger partial charge < -0.3 is 21.3 Å². The van der Waals surface area contributed by atoms with E-state index in [4.69, 9.17) is 0 Å². The summed E-state index contributed by atoms with van der Waals surface area (Å²) in [6, 6.07) is 0.480. The van der Waals surface area contributed by atoms with Crippen molar-refractivity contribution >= 4 is 29.6 Å². The lowest BCUT2D eigenvalue weighted by molar-refractivity contribution is -0.124. The second-order valence-corrected chi connectivity index (χ2v) is 9.00. The van der Waals surface area contributed by atoms with Crippen molar-refractivity contribution in [3.63, 3.8) is 0 Å². The third kappa shape index (κ3) is 7.60.